The van der Waals surface area contributed by atoms with Gasteiger partial charge < -0.3 is 33.8 Å². The first-order chi connectivity index (χ1) is 50.7. The molecule has 588 valence electrons. The van der Waals surface area contributed by atoms with Gasteiger partial charge in [0.2, 0.25) is 0 Å². The van der Waals surface area contributed by atoms with Gasteiger partial charge in [0, 0.05) is 25.7 Å². The van der Waals surface area contributed by atoms with Gasteiger partial charge in [0.15, 0.2) is 12.2 Å². The van der Waals surface area contributed by atoms with E-state index in [0.717, 1.165) is 180 Å². The van der Waals surface area contributed by atoms with E-state index < -0.39 is 97.5 Å². The van der Waals surface area contributed by atoms with E-state index in [4.69, 9.17) is 37.0 Å². The van der Waals surface area contributed by atoms with Gasteiger partial charge in [0.25, 0.3) is 0 Å². The summed E-state index contributed by atoms with van der Waals surface area (Å²) in [6.45, 7) is 4.25. The zero-order chi connectivity index (χ0) is 76.0. The molecule has 104 heavy (non-hydrogen) atoms. The highest BCUT2D eigenvalue weighted by molar-refractivity contribution is 7.47. The first kappa shape index (κ1) is 98.2. The number of phosphoric acid groups is 2. The summed E-state index contributed by atoms with van der Waals surface area (Å²) in [5, 5.41) is 10.6. The van der Waals surface area contributed by atoms with Crippen LogP contribution in [-0.2, 0) is 65.4 Å². The van der Waals surface area contributed by atoms with E-state index in [1.807, 2.05) is 12.2 Å². The standard InChI is InChI=1S/C85H136O17P2/c1-5-9-13-17-21-25-29-33-37-39-43-45-49-53-57-61-65-69-82(87)95-75-80(101-84(89)71-67-63-59-55-51-47-41-35-31-27-23-19-15-11-7-3)77-99-103(91,92)97-73-79(86)74-98-104(93,94)100-78-81(102-85(90)72-68-64-60-56-52-48-42-36-32-28-24-20-16-12-8-4)76-96-83(88)70-66-62-58-54-50-46-44-40-38-34-30-26-22-18-14-10-6-2/h9-16,21-28,33-38,41-43,45,52-53,56-57,79-81,86H,5-8,17-20,29-32,39-40,44,46-51,54-55,58-78H2,1-4H3,(H,91,92)(H,93,94)/b13-9-,14-10-,15-11-,16-12-,25-21-,26-22-,27-23-,28-24-,37-33-,38-34-,41-35-,42-36-,45-43-,56-52-,57-53-. The molecular formula is C85H136O17P2. The fourth-order valence-corrected chi connectivity index (χ4v) is 11.1. The van der Waals surface area contributed by atoms with Crippen LogP contribution in [0.2, 0.25) is 0 Å². The van der Waals surface area contributed by atoms with Crippen LogP contribution in [0.5, 0.6) is 0 Å². The van der Waals surface area contributed by atoms with Crippen molar-refractivity contribution in [1.82, 2.24) is 0 Å². The maximum atomic E-state index is 13.1. The van der Waals surface area contributed by atoms with Crippen LogP contribution in [0.4, 0.5) is 0 Å². The van der Waals surface area contributed by atoms with Gasteiger partial charge in [-0.25, -0.2) is 9.13 Å². The molecule has 0 radical (unpaired) electrons. The number of ether oxygens (including phenoxy) is 4. The van der Waals surface area contributed by atoms with Gasteiger partial charge >= 0.3 is 39.5 Å². The Labute approximate surface area is 628 Å². The Kier molecular flexibility index (Phi) is 71.2. The molecule has 0 spiro atoms. The molecule has 0 bridgehead atoms. The maximum absolute atomic E-state index is 13.1. The zero-order valence-corrected chi connectivity index (χ0v) is 65.9. The molecule has 0 aromatic carbocycles. The monoisotopic (exact) mass is 1490 g/mol. The summed E-state index contributed by atoms with van der Waals surface area (Å²) in [4.78, 5) is 73.0. The molecule has 0 rings (SSSR count). The molecular weight excluding hydrogens is 1350 g/mol. The van der Waals surface area contributed by atoms with E-state index in [-0.39, 0.29) is 25.7 Å². The number of carbonyl (C=O) groups is 4. The van der Waals surface area contributed by atoms with E-state index in [1.54, 1.807) is 0 Å². The highest BCUT2D eigenvalue weighted by Crippen LogP contribution is 2.45. The number of allylic oxidation sites excluding steroid dienone is 30. The van der Waals surface area contributed by atoms with Gasteiger partial charge in [0.1, 0.15) is 19.3 Å². The lowest BCUT2D eigenvalue weighted by Gasteiger charge is -2.21. The molecule has 19 heteroatoms. The molecule has 0 saturated heterocycles. The predicted octanol–water partition coefficient (Wildman–Crippen LogP) is 22.8. The van der Waals surface area contributed by atoms with Gasteiger partial charge in [-0.1, -0.05) is 261 Å². The normalized spacial score (nSPS) is 14.9. The quantitative estimate of drug-likeness (QED) is 0.0169. The summed E-state index contributed by atoms with van der Waals surface area (Å²) in [6.07, 6.45) is 90.3. The molecule has 0 aromatic rings. The second-order valence-corrected chi connectivity index (χ2v) is 28.0. The van der Waals surface area contributed by atoms with Crippen molar-refractivity contribution in [3.63, 3.8) is 0 Å². The Morgan fingerprint density at radius 3 is 0.779 bits per heavy atom. The van der Waals surface area contributed by atoms with Crippen molar-refractivity contribution in [2.75, 3.05) is 39.6 Å². The number of aliphatic hydroxyl groups excluding tert-OH is 1. The molecule has 0 aliphatic heterocycles. The summed E-state index contributed by atoms with van der Waals surface area (Å²) < 4.78 is 68.5. The third-order valence-corrected chi connectivity index (χ3v) is 17.3. The van der Waals surface area contributed by atoms with Crippen molar-refractivity contribution in [3.8, 4) is 0 Å². The van der Waals surface area contributed by atoms with Crippen LogP contribution in [0, 0.1) is 0 Å². The minimum atomic E-state index is -5.01. The van der Waals surface area contributed by atoms with Crippen LogP contribution in [0.15, 0.2) is 182 Å². The van der Waals surface area contributed by atoms with Crippen molar-refractivity contribution >= 4 is 39.5 Å². The van der Waals surface area contributed by atoms with Crippen LogP contribution < -0.4 is 0 Å². The molecule has 3 N–H and O–H groups in total. The predicted molar refractivity (Wildman–Crippen MR) is 426 cm³/mol. The highest BCUT2D eigenvalue weighted by atomic mass is 31.2. The molecule has 0 fully saturated rings. The van der Waals surface area contributed by atoms with Gasteiger partial charge in [-0.3, -0.25) is 37.3 Å². The lowest BCUT2D eigenvalue weighted by Crippen LogP contribution is -2.30. The molecule has 17 nitrogen and oxygen atoms in total. The van der Waals surface area contributed by atoms with E-state index in [9.17, 15) is 43.2 Å². The number of carbonyl (C=O) groups excluding carboxylic acids is 4. The van der Waals surface area contributed by atoms with Gasteiger partial charge in [-0.05, 0) is 167 Å². The Bertz CT molecular complexity index is 2690. The Hall–Kier alpha value is -5.84. The number of phosphoric ester groups is 2. The summed E-state index contributed by atoms with van der Waals surface area (Å²) >= 11 is 0. The van der Waals surface area contributed by atoms with Gasteiger partial charge in [-0.15, -0.1) is 0 Å². The van der Waals surface area contributed by atoms with Crippen LogP contribution in [0.1, 0.15) is 272 Å². The van der Waals surface area contributed by atoms with E-state index >= 15 is 0 Å². The largest absolute Gasteiger partial charge is 0.472 e. The second kappa shape index (κ2) is 75.4. The van der Waals surface area contributed by atoms with Crippen molar-refractivity contribution < 1.29 is 80.2 Å². The van der Waals surface area contributed by atoms with Crippen LogP contribution in [0.3, 0.4) is 0 Å². The van der Waals surface area contributed by atoms with Crippen molar-refractivity contribution in [3.05, 3.63) is 182 Å². The average Bonchev–Trinajstić information content (AvgIpc) is 0.937. The molecule has 5 atom stereocenters. The fraction of sp³-hybridized carbons (Fsp3) is 0.600. The van der Waals surface area contributed by atoms with Crippen molar-refractivity contribution in [1.29, 1.82) is 0 Å². The summed E-state index contributed by atoms with van der Waals surface area (Å²) in [6, 6.07) is 0. The van der Waals surface area contributed by atoms with E-state index in [2.05, 4.69) is 198 Å². The first-order valence-corrected chi connectivity index (χ1v) is 42.0. The minimum Gasteiger partial charge on any atom is -0.462 e. The van der Waals surface area contributed by atoms with Gasteiger partial charge in [0.05, 0.1) is 26.4 Å². The topological polar surface area (TPSA) is 237 Å². The van der Waals surface area contributed by atoms with Crippen LogP contribution in [0.25, 0.3) is 0 Å². The molecule has 0 heterocycles. The third kappa shape index (κ3) is 74.4. The number of esters is 4. The molecule has 0 aromatic heterocycles. The molecule has 5 unspecified atom stereocenters. The zero-order valence-electron chi connectivity index (χ0n) is 64.1. The third-order valence-electron chi connectivity index (χ3n) is 15.4. The Morgan fingerprint density at radius 1 is 0.269 bits per heavy atom. The molecule has 0 aliphatic carbocycles. The number of hydrogen-bond acceptors (Lipinski definition) is 15. The van der Waals surface area contributed by atoms with E-state index in [0.29, 0.717) is 38.5 Å². The molecule has 0 aliphatic rings. The van der Waals surface area contributed by atoms with Crippen LogP contribution >= 0.6 is 15.6 Å². The number of hydrogen-bond donors (Lipinski definition) is 3. The maximum Gasteiger partial charge on any atom is 0.472 e. The number of aliphatic hydroxyl groups is 1. The Morgan fingerprint density at radius 2 is 0.481 bits per heavy atom. The van der Waals surface area contributed by atoms with Crippen molar-refractivity contribution in [2.24, 2.45) is 0 Å². The lowest BCUT2D eigenvalue weighted by atomic mass is 10.1. The number of rotatable bonds is 71. The van der Waals surface area contributed by atoms with Crippen LogP contribution in [-0.4, -0.2) is 96.7 Å². The first-order valence-electron chi connectivity index (χ1n) is 39.0. The molecule has 0 amide bonds. The summed E-state index contributed by atoms with van der Waals surface area (Å²) in [5.41, 5.74) is 0. The number of unbranched alkanes of at least 4 members (excludes halogenated alkanes) is 15. The van der Waals surface area contributed by atoms with E-state index in [1.165, 1.54) is 0 Å². The smallest absolute Gasteiger partial charge is 0.462 e. The van der Waals surface area contributed by atoms with Crippen molar-refractivity contribution in [2.45, 2.75) is 290 Å². The summed E-state index contributed by atoms with van der Waals surface area (Å²) in [5.74, 6) is -2.34. The minimum absolute atomic E-state index is 0.0321. The second-order valence-electron chi connectivity index (χ2n) is 25.1. The SMILES string of the molecule is CC/C=C\C/C=C\C/C=C\C/C=C\C/C=C\CCCC(=O)OCC(COP(=O)(O)OCC(O)COP(=O)(O)OCC(COC(=O)CCCCCCCCC/C=C\C/C=C\C/C=C\CC)OC(=O)CCCC/C=C\C/C=C\C/C=C\C/C=C\CC)OC(=O)CCCCCCC/C=C\C/C=C\C/C=C\CC. The lowest BCUT2D eigenvalue weighted by molar-refractivity contribution is -0.161. The Balaban J connectivity index is 5.48. The fourth-order valence-electron chi connectivity index (χ4n) is 9.57. The average molecular weight is 1490 g/mol. The highest BCUT2D eigenvalue weighted by Gasteiger charge is 2.30. The summed E-state index contributed by atoms with van der Waals surface area (Å²) in [7, 11) is -10.0. The van der Waals surface area contributed by atoms with Gasteiger partial charge in [-0.2, -0.15) is 0 Å². The molecule has 0 saturated carbocycles.